The van der Waals surface area contributed by atoms with Crippen LogP contribution in [0.5, 0.6) is 0 Å². The number of aromatic nitrogens is 2. The molecule has 6 heteroatoms. The summed E-state index contributed by atoms with van der Waals surface area (Å²) in [7, 11) is 1.65. The van der Waals surface area contributed by atoms with Crippen molar-refractivity contribution in [2.45, 2.75) is 19.9 Å². The van der Waals surface area contributed by atoms with Gasteiger partial charge in [-0.3, -0.25) is 4.79 Å². The van der Waals surface area contributed by atoms with Crippen LogP contribution in [0.4, 0.5) is 5.69 Å². The summed E-state index contributed by atoms with van der Waals surface area (Å²) in [5, 5.41) is 7.22. The number of nitrogens with one attached hydrogen (secondary N) is 1. The molecule has 1 N–H and O–H groups in total. The summed E-state index contributed by atoms with van der Waals surface area (Å²) >= 11 is 5.92. The van der Waals surface area contributed by atoms with Gasteiger partial charge in [0.05, 0.1) is 11.9 Å². The Labute approximate surface area is 99.4 Å². The zero-order valence-electron chi connectivity index (χ0n) is 9.49. The molecule has 0 amide bonds. The highest BCUT2D eigenvalue weighted by Gasteiger charge is 2.07. The van der Waals surface area contributed by atoms with Crippen molar-refractivity contribution in [1.82, 2.24) is 9.78 Å². The molecule has 0 saturated carbocycles. The number of aryl methyl sites for hydroxylation is 1. The fraction of sp³-hybridized carbons (Fsp3) is 0.600. The van der Waals surface area contributed by atoms with Gasteiger partial charge in [0.15, 0.2) is 0 Å². The van der Waals surface area contributed by atoms with Gasteiger partial charge in [-0.05, 0) is 13.3 Å². The Morgan fingerprint density at radius 1 is 1.62 bits per heavy atom. The number of anilines is 1. The molecule has 0 spiro atoms. The molecule has 0 unspecified atom stereocenters. The summed E-state index contributed by atoms with van der Waals surface area (Å²) in [4.78, 5) is 11.6. The lowest BCUT2D eigenvalue weighted by Crippen LogP contribution is -2.23. The van der Waals surface area contributed by atoms with Crippen molar-refractivity contribution in [2.24, 2.45) is 0 Å². The Morgan fingerprint density at radius 3 is 3.00 bits per heavy atom. The second-order valence-electron chi connectivity index (χ2n) is 3.27. The first-order valence-electron chi connectivity index (χ1n) is 5.19. The van der Waals surface area contributed by atoms with E-state index in [0.29, 0.717) is 25.4 Å². The van der Waals surface area contributed by atoms with E-state index in [9.17, 15) is 4.79 Å². The summed E-state index contributed by atoms with van der Waals surface area (Å²) in [6, 6.07) is 0. The monoisotopic (exact) mass is 245 g/mol. The van der Waals surface area contributed by atoms with Gasteiger partial charge in [0, 0.05) is 26.8 Å². The summed E-state index contributed by atoms with van der Waals surface area (Å²) < 4.78 is 6.24. The minimum Gasteiger partial charge on any atom is -0.385 e. The predicted octanol–water partition coefficient (Wildman–Crippen LogP) is 1.36. The normalized spacial score (nSPS) is 10.4. The zero-order valence-corrected chi connectivity index (χ0v) is 10.3. The van der Waals surface area contributed by atoms with Crippen LogP contribution in [-0.2, 0) is 11.3 Å². The number of nitrogens with zero attached hydrogens (tertiary/aromatic N) is 2. The lowest BCUT2D eigenvalue weighted by molar-refractivity contribution is 0.198. The largest absolute Gasteiger partial charge is 0.385 e. The van der Waals surface area contributed by atoms with Crippen LogP contribution in [-0.4, -0.2) is 30.0 Å². The van der Waals surface area contributed by atoms with Crippen molar-refractivity contribution in [3.8, 4) is 0 Å². The summed E-state index contributed by atoms with van der Waals surface area (Å²) in [5.41, 5.74) is 0.313. The van der Waals surface area contributed by atoms with Crippen LogP contribution in [0.3, 0.4) is 0 Å². The molecule has 1 rings (SSSR count). The van der Waals surface area contributed by atoms with Crippen LogP contribution < -0.4 is 10.9 Å². The number of rotatable bonds is 6. The van der Waals surface area contributed by atoms with Gasteiger partial charge in [0.1, 0.15) is 5.02 Å². The molecule has 1 aromatic rings. The first-order chi connectivity index (χ1) is 7.70. The lowest BCUT2D eigenvalue weighted by atomic mass is 10.4. The van der Waals surface area contributed by atoms with Crippen molar-refractivity contribution in [3.05, 3.63) is 21.6 Å². The smallest absolute Gasteiger partial charge is 0.287 e. The maximum absolute atomic E-state index is 11.6. The number of hydrogen-bond donors (Lipinski definition) is 1. The van der Waals surface area contributed by atoms with Crippen molar-refractivity contribution in [2.75, 3.05) is 25.6 Å². The van der Waals surface area contributed by atoms with Gasteiger partial charge in [-0.15, -0.1) is 0 Å². The molecule has 0 aromatic carbocycles. The highest BCUT2D eigenvalue weighted by Crippen LogP contribution is 2.14. The Hall–Kier alpha value is -1.07. The molecule has 0 bridgehead atoms. The summed E-state index contributed by atoms with van der Waals surface area (Å²) in [6.45, 7) is 3.73. The van der Waals surface area contributed by atoms with Gasteiger partial charge in [-0.25, -0.2) is 4.68 Å². The summed E-state index contributed by atoms with van der Waals surface area (Å²) in [6.07, 6.45) is 2.42. The molecule has 0 atom stereocenters. The van der Waals surface area contributed by atoms with E-state index >= 15 is 0 Å². The molecular weight excluding hydrogens is 230 g/mol. The number of methoxy groups -OCH3 is 1. The van der Waals surface area contributed by atoms with Crippen LogP contribution >= 0.6 is 11.6 Å². The fourth-order valence-corrected chi connectivity index (χ4v) is 1.47. The second kappa shape index (κ2) is 6.50. The standard InChI is InChI=1S/C10H16ClN3O2/c1-3-14-10(15)9(11)8(7-13-14)12-5-4-6-16-2/h7,12H,3-6H2,1-2H3. The highest BCUT2D eigenvalue weighted by molar-refractivity contribution is 6.32. The fourth-order valence-electron chi connectivity index (χ4n) is 1.25. The molecule has 0 radical (unpaired) electrons. The van der Waals surface area contributed by atoms with Crippen LogP contribution in [0.1, 0.15) is 13.3 Å². The molecule has 0 aliphatic heterocycles. The quantitative estimate of drug-likeness (QED) is 0.769. The van der Waals surface area contributed by atoms with E-state index in [1.165, 1.54) is 4.68 Å². The van der Waals surface area contributed by atoms with E-state index in [-0.39, 0.29) is 10.6 Å². The van der Waals surface area contributed by atoms with Gasteiger partial charge in [0.25, 0.3) is 5.56 Å². The first-order valence-corrected chi connectivity index (χ1v) is 5.57. The van der Waals surface area contributed by atoms with Gasteiger partial charge in [-0.1, -0.05) is 11.6 Å². The van der Waals surface area contributed by atoms with E-state index < -0.39 is 0 Å². The third-order valence-electron chi connectivity index (χ3n) is 2.13. The lowest BCUT2D eigenvalue weighted by Gasteiger charge is -2.08. The SMILES string of the molecule is CCn1ncc(NCCCOC)c(Cl)c1=O. The average molecular weight is 246 g/mol. The number of ether oxygens (including phenoxy) is 1. The molecule has 1 heterocycles. The van der Waals surface area contributed by atoms with Gasteiger partial charge >= 0.3 is 0 Å². The third-order valence-corrected chi connectivity index (χ3v) is 2.49. The average Bonchev–Trinajstić information content (AvgIpc) is 2.30. The van der Waals surface area contributed by atoms with Crippen LogP contribution in [0.25, 0.3) is 0 Å². The minimum atomic E-state index is -0.263. The number of hydrogen-bond acceptors (Lipinski definition) is 4. The third kappa shape index (κ3) is 3.21. The topological polar surface area (TPSA) is 56.1 Å². The van der Waals surface area contributed by atoms with Crippen molar-refractivity contribution < 1.29 is 4.74 Å². The van der Waals surface area contributed by atoms with Crippen molar-refractivity contribution in [1.29, 1.82) is 0 Å². The number of halogens is 1. The highest BCUT2D eigenvalue weighted by atomic mass is 35.5. The van der Waals surface area contributed by atoms with Crippen molar-refractivity contribution >= 4 is 17.3 Å². The van der Waals surface area contributed by atoms with Crippen molar-refractivity contribution in [3.63, 3.8) is 0 Å². The maximum atomic E-state index is 11.6. The van der Waals surface area contributed by atoms with E-state index in [1.54, 1.807) is 13.3 Å². The van der Waals surface area contributed by atoms with Gasteiger partial charge in [-0.2, -0.15) is 5.10 Å². The molecule has 16 heavy (non-hydrogen) atoms. The van der Waals surface area contributed by atoms with Gasteiger partial charge < -0.3 is 10.1 Å². The predicted molar refractivity (Wildman–Crippen MR) is 64.2 cm³/mol. The minimum absolute atomic E-state index is 0.189. The molecular formula is C10H16ClN3O2. The van der Waals surface area contributed by atoms with E-state index in [1.807, 2.05) is 6.92 Å². The van der Waals surface area contributed by atoms with E-state index in [0.717, 1.165) is 6.42 Å². The molecule has 90 valence electrons. The second-order valence-corrected chi connectivity index (χ2v) is 3.64. The Balaban J connectivity index is 2.68. The molecule has 0 fully saturated rings. The van der Waals surface area contributed by atoms with Crippen LogP contribution in [0.2, 0.25) is 5.02 Å². The molecule has 1 aromatic heterocycles. The van der Waals surface area contributed by atoms with Gasteiger partial charge in [0.2, 0.25) is 0 Å². The van der Waals surface area contributed by atoms with E-state index in [2.05, 4.69) is 10.4 Å². The maximum Gasteiger partial charge on any atom is 0.287 e. The Bertz CT molecular complexity index is 392. The molecule has 5 nitrogen and oxygen atoms in total. The Kier molecular flexibility index (Phi) is 5.28. The van der Waals surface area contributed by atoms with E-state index in [4.69, 9.17) is 16.3 Å². The summed E-state index contributed by atoms with van der Waals surface area (Å²) in [5.74, 6) is 0. The first kappa shape index (κ1) is 13.0. The molecule has 0 aliphatic carbocycles. The molecule has 0 aliphatic rings. The Morgan fingerprint density at radius 2 is 2.38 bits per heavy atom. The molecule has 0 saturated heterocycles. The van der Waals surface area contributed by atoms with Crippen LogP contribution in [0, 0.1) is 0 Å². The zero-order chi connectivity index (χ0) is 12.0. The van der Waals surface area contributed by atoms with Crippen LogP contribution in [0.15, 0.2) is 11.0 Å².